The van der Waals surface area contributed by atoms with Gasteiger partial charge in [0.2, 0.25) is 0 Å². The molecule has 0 saturated carbocycles. The molecule has 1 heterocycles. The van der Waals surface area contributed by atoms with Gasteiger partial charge in [0, 0.05) is 5.56 Å². The molecule has 2 aromatic rings. The molecule has 1 aromatic carbocycles. The van der Waals surface area contributed by atoms with Gasteiger partial charge in [0.25, 0.3) is 0 Å². The Bertz CT molecular complexity index is 451. The van der Waals surface area contributed by atoms with Crippen molar-refractivity contribution in [2.75, 3.05) is 0 Å². The molecule has 0 unspecified atom stereocenters. The van der Waals surface area contributed by atoms with Gasteiger partial charge in [0.05, 0.1) is 5.88 Å². The van der Waals surface area contributed by atoms with Gasteiger partial charge >= 0.3 is 0 Å². The summed E-state index contributed by atoms with van der Waals surface area (Å²) in [5, 5.41) is 4.14. The van der Waals surface area contributed by atoms with Gasteiger partial charge in [0.1, 0.15) is 12.4 Å². The van der Waals surface area contributed by atoms with Crippen molar-refractivity contribution >= 4 is 22.9 Å². The number of alkyl halides is 1. The fourth-order valence-electron chi connectivity index (χ4n) is 1.49. The van der Waals surface area contributed by atoms with Gasteiger partial charge in [-0.25, -0.2) is 0 Å². The average molecular weight is 253 g/mol. The van der Waals surface area contributed by atoms with Crippen LogP contribution in [0.4, 0.5) is 0 Å². The molecule has 0 fully saturated rings. The van der Waals surface area contributed by atoms with Gasteiger partial charge in [-0.1, -0.05) is 17.7 Å². The zero-order valence-electron chi connectivity index (χ0n) is 9.07. The first kappa shape index (κ1) is 11.5. The lowest BCUT2D eigenvalue weighted by molar-refractivity contribution is 0.304. The molecule has 0 bridgehead atoms. The maximum atomic E-state index is 5.89. The Morgan fingerprint density at radius 3 is 2.88 bits per heavy atom. The first-order valence-electron chi connectivity index (χ1n) is 5.09. The van der Waals surface area contributed by atoms with E-state index in [1.54, 1.807) is 11.3 Å². The lowest BCUT2D eigenvalue weighted by Gasteiger charge is -2.09. The minimum Gasteiger partial charge on any atom is -0.489 e. The summed E-state index contributed by atoms with van der Waals surface area (Å²) in [6, 6.07) is 8.16. The molecule has 0 atom stereocenters. The molecular weight excluding hydrogens is 240 g/mol. The van der Waals surface area contributed by atoms with Crippen molar-refractivity contribution in [2.24, 2.45) is 0 Å². The molecule has 0 saturated heterocycles. The Hall–Kier alpha value is -0.990. The zero-order valence-corrected chi connectivity index (χ0v) is 10.6. The maximum Gasteiger partial charge on any atom is 0.124 e. The molecule has 84 valence electrons. The molecule has 2 rings (SSSR count). The highest BCUT2D eigenvalue weighted by atomic mass is 35.5. The predicted octanol–water partition coefficient (Wildman–Crippen LogP) is 4.37. The SMILES string of the molecule is Cc1ccc(OCc2ccsc2)c(CCl)c1. The number of hydrogen-bond acceptors (Lipinski definition) is 2. The lowest BCUT2D eigenvalue weighted by atomic mass is 10.1. The van der Waals surface area contributed by atoms with Crippen LogP contribution in [0.1, 0.15) is 16.7 Å². The van der Waals surface area contributed by atoms with Gasteiger partial charge < -0.3 is 4.74 Å². The monoisotopic (exact) mass is 252 g/mol. The van der Waals surface area contributed by atoms with Crippen LogP contribution in [0.3, 0.4) is 0 Å². The van der Waals surface area contributed by atoms with Crippen LogP contribution in [-0.2, 0) is 12.5 Å². The third-order valence-corrected chi connectivity index (χ3v) is 3.35. The Labute approximate surface area is 105 Å². The predicted molar refractivity (Wildman–Crippen MR) is 69.4 cm³/mol. The quantitative estimate of drug-likeness (QED) is 0.734. The molecule has 0 amide bonds. The highest BCUT2D eigenvalue weighted by Crippen LogP contribution is 2.23. The van der Waals surface area contributed by atoms with Gasteiger partial charge in [-0.15, -0.1) is 11.6 Å². The molecule has 0 spiro atoms. The van der Waals surface area contributed by atoms with Gasteiger partial charge in [0.15, 0.2) is 0 Å². The highest BCUT2D eigenvalue weighted by Gasteiger charge is 2.03. The summed E-state index contributed by atoms with van der Waals surface area (Å²) >= 11 is 7.57. The standard InChI is InChI=1S/C13H13ClOS/c1-10-2-3-13(12(6-10)7-14)15-8-11-4-5-16-9-11/h2-6,9H,7-8H2,1H3. The number of ether oxygens (including phenoxy) is 1. The second kappa shape index (κ2) is 5.37. The fraction of sp³-hybridized carbons (Fsp3) is 0.231. The van der Waals surface area contributed by atoms with Crippen LogP contribution in [0.5, 0.6) is 5.75 Å². The Balaban J connectivity index is 2.09. The Morgan fingerprint density at radius 2 is 2.19 bits per heavy atom. The van der Waals surface area contributed by atoms with Gasteiger partial charge in [-0.3, -0.25) is 0 Å². The lowest BCUT2D eigenvalue weighted by Crippen LogP contribution is -1.97. The van der Waals surface area contributed by atoms with Crippen LogP contribution in [0.2, 0.25) is 0 Å². The second-order valence-electron chi connectivity index (χ2n) is 3.67. The topological polar surface area (TPSA) is 9.23 Å². The summed E-state index contributed by atoms with van der Waals surface area (Å²) in [6.45, 7) is 2.66. The molecule has 0 aliphatic carbocycles. The van der Waals surface area contributed by atoms with Crippen molar-refractivity contribution in [3.8, 4) is 5.75 Å². The number of rotatable bonds is 4. The fourth-order valence-corrected chi connectivity index (χ4v) is 2.35. The first-order valence-corrected chi connectivity index (χ1v) is 6.56. The molecule has 1 nitrogen and oxygen atoms in total. The number of aryl methyl sites for hydroxylation is 1. The minimum atomic E-state index is 0.487. The van der Waals surface area contributed by atoms with Crippen molar-refractivity contribution in [3.05, 3.63) is 51.7 Å². The smallest absolute Gasteiger partial charge is 0.124 e. The van der Waals surface area contributed by atoms with Crippen molar-refractivity contribution in [1.29, 1.82) is 0 Å². The number of thiophene rings is 1. The third kappa shape index (κ3) is 2.77. The summed E-state index contributed by atoms with van der Waals surface area (Å²) < 4.78 is 5.75. The van der Waals surface area contributed by atoms with Crippen LogP contribution in [0, 0.1) is 6.92 Å². The molecule has 16 heavy (non-hydrogen) atoms. The van der Waals surface area contributed by atoms with Crippen molar-refractivity contribution < 1.29 is 4.74 Å². The first-order chi connectivity index (χ1) is 7.79. The molecule has 0 radical (unpaired) electrons. The van der Waals surface area contributed by atoms with Crippen LogP contribution >= 0.6 is 22.9 Å². The van der Waals surface area contributed by atoms with Crippen molar-refractivity contribution in [1.82, 2.24) is 0 Å². The van der Waals surface area contributed by atoms with E-state index < -0.39 is 0 Å². The van der Waals surface area contributed by atoms with Crippen molar-refractivity contribution in [3.63, 3.8) is 0 Å². The Morgan fingerprint density at radius 1 is 1.31 bits per heavy atom. The summed E-state index contributed by atoms with van der Waals surface area (Å²) in [6.07, 6.45) is 0. The second-order valence-corrected chi connectivity index (χ2v) is 4.71. The molecule has 0 N–H and O–H groups in total. The molecule has 3 heteroatoms. The van der Waals surface area contributed by atoms with Crippen molar-refractivity contribution in [2.45, 2.75) is 19.4 Å². The summed E-state index contributed by atoms with van der Waals surface area (Å²) in [5.74, 6) is 1.37. The van der Waals surface area contributed by atoms with Crippen LogP contribution in [0.15, 0.2) is 35.0 Å². The number of hydrogen-bond donors (Lipinski definition) is 0. The molecule has 0 aliphatic rings. The third-order valence-electron chi connectivity index (χ3n) is 2.33. The van der Waals surface area contributed by atoms with Gasteiger partial charge in [-0.05, 0) is 35.4 Å². The van der Waals surface area contributed by atoms with E-state index in [-0.39, 0.29) is 0 Å². The summed E-state index contributed by atoms with van der Waals surface area (Å²) in [4.78, 5) is 0. The zero-order chi connectivity index (χ0) is 11.4. The number of halogens is 1. The maximum absolute atomic E-state index is 5.89. The van der Waals surface area contributed by atoms with E-state index in [0.717, 1.165) is 11.3 Å². The minimum absolute atomic E-state index is 0.487. The van der Waals surface area contributed by atoms with E-state index in [9.17, 15) is 0 Å². The van der Waals surface area contributed by atoms with Crippen LogP contribution < -0.4 is 4.74 Å². The highest BCUT2D eigenvalue weighted by molar-refractivity contribution is 7.07. The van der Waals surface area contributed by atoms with Crippen LogP contribution in [0.25, 0.3) is 0 Å². The molecule has 1 aromatic heterocycles. The van der Waals surface area contributed by atoms with Crippen LogP contribution in [-0.4, -0.2) is 0 Å². The normalized spacial score (nSPS) is 10.4. The van der Waals surface area contributed by atoms with E-state index in [1.807, 2.05) is 12.1 Å². The largest absolute Gasteiger partial charge is 0.489 e. The Kier molecular flexibility index (Phi) is 3.86. The van der Waals surface area contributed by atoms with Gasteiger partial charge in [-0.2, -0.15) is 11.3 Å². The molecular formula is C13H13ClOS. The number of benzene rings is 1. The van der Waals surface area contributed by atoms with E-state index in [2.05, 4.69) is 29.8 Å². The van der Waals surface area contributed by atoms with E-state index >= 15 is 0 Å². The van der Waals surface area contributed by atoms with E-state index in [0.29, 0.717) is 12.5 Å². The molecule has 0 aliphatic heterocycles. The summed E-state index contributed by atoms with van der Waals surface area (Å²) in [5.41, 5.74) is 3.46. The summed E-state index contributed by atoms with van der Waals surface area (Å²) in [7, 11) is 0. The van der Waals surface area contributed by atoms with E-state index in [1.165, 1.54) is 11.1 Å². The average Bonchev–Trinajstić information content (AvgIpc) is 2.80. The van der Waals surface area contributed by atoms with E-state index in [4.69, 9.17) is 16.3 Å².